The van der Waals surface area contributed by atoms with E-state index in [0.29, 0.717) is 31.0 Å². The van der Waals surface area contributed by atoms with Crippen LogP contribution in [-0.2, 0) is 9.59 Å². The van der Waals surface area contributed by atoms with Gasteiger partial charge in [0.25, 0.3) is 0 Å². The van der Waals surface area contributed by atoms with Gasteiger partial charge in [-0.25, -0.2) is 9.97 Å². The Balaban J connectivity index is 1.90. The van der Waals surface area contributed by atoms with Crippen LogP contribution in [-0.4, -0.2) is 63.9 Å². The van der Waals surface area contributed by atoms with Gasteiger partial charge in [-0.15, -0.1) is 0 Å². The van der Waals surface area contributed by atoms with Crippen molar-refractivity contribution in [3.63, 3.8) is 0 Å². The van der Waals surface area contributed by atoms with Gasteiger partial charge in [0, 0.05) is 26.3 Å². The largest absolute Gasteiger partial charge is 0.352 e. The van der Waals surface area contributed by atoms with Crippen molar-refractivity contribution in [1.82, 2.24) is 25.2 Å². The number of carbonyl (C=O) groups excluding carboxylic acids is 2. The molecule has 0 saturated carbocycles. The molecule has 0 spiro atoms. The fourth-order valence-electron chi connectivity index (χ4n) is 3.44. The van der Waals surface area contributed by atoms with E-state index < -0.39 is 0 Å². The summed E-state index contributed by atoms with van der Waals surface area (Å²) in [6.07, 6.45) is 4.92. The number of carbonyl (C=O) groups is 2. The molecule has 1 saturated heterocycles. The summed E-state index contributed by atoms with van der Waals surface area (Å²) < 4.78 is 0. The number of hydrogen-bond acceptors (Lipinski definition) is 6. The standard InChI is InChI=1S/C18H21N7O2/c1-3-15(26)23-13-6-9-25(16(27)4-7-19)10-14(13)24(2)18-12-5-8-20-17(12)21-11-22-18/h3,5,8,11,13-14H,1,4,6,9-10H2,2H3,(H,23,26)(H,20,21,22)/t13-,14?/m1/s1. The summed E-state index contributed by atoms with van der Waals surface area (Å²) in [7, 11) is 1.88. The molecule has 2 atom stereocenters. The molecule has 3 rings (SSSR count). The molecular formula is C18H21N7O2. The van der Waals surface area contributed by atoms with Crippen LogP contribution in [0.25, 0.3) is 11.0 Å². The first kappa shape index (κ1) is 18.4. The molecule has 27 heavy (non-hydrogen) atoms. The van der Waals surface area contributed by atoms with Crippen molar-refractivity contribution in [2.75, 3.05) is 25.0 Å². The van der Waals surface area contributed by atoms with Crippen molar-refractivity contribution in [3.05, 3.63) is 31.2 Å². The highest BCUT2D eigenvalue weighted by atomic mass is 16.2. The van der Waals surface area contributed by atoms with E-state index in [9.17, 15) is 9.59 Å². The quantitative estimate of drug-likeness (QED) is 0.747. The first-order chi connectivity index (χ1) is 13.0. The van der Waals surface area contributed by atoms with Gasteiger partial charge in [-0.05, 0) is 18.6 Å². The van der Waals surface area contributed by atoms with Gasteiger partial charge < -0.3 is 20.1 Å². The lowest BCUT2D eigenvalue weighted by atomic mass is 9.97. The number of aromatic nitrogens is 3. The lowest BCUT2D eigenvalue weighted by Gasteiger charge is -2.43. The molecular weight excluding hydrogens is 346 g/mol. The van der Waals surface area contributed by atoms with Crippen LogP contribution in [0, 0.1) is 11.3 Å². The summed E-state index contributed by atoms with van der Waals surface area (Å²) in [6, 6.07) is 3.40. The summed E-state index contributed by atoms with van der Waals surface area (Å²) in [5.74, 6) is 0.238. The van der Waals surface area contributed by atoms with E-state index in [1.807, 2.05) is 24.1 Å². The number of amides is 2. The predicted octanol–water partition coefficient (Wildman–Crippen LogP) is 0.579. The summed E-state index contributed by atoms with van der Waals surface area (Å²) in [6.45, 7) is 4.37. The van der Waals surface area contributed by atoms with Gasteiger partial charge in [0.1, 0.15) is 24.2 Å². The Morgan fingerprint density at radius 3 is 3.11 bits per heavy atom. The maximum absolute atomic E-state index is 12.2. The number of nitrogens with zero attached hydrogens (tertiary/aromatic N) is 5. The van der Waals surface area contributed by atoms with Crippen molar-refractivity contribution in [2.24, 2.45) is 0 Å². The fourth-order valence-corrected chi connectivity index (χ4v) is 3.44. The third-order valence-corrected chi connectivity index (χ3v) is 4.84. The number of rotatable bonds is 5. The fraction of sp³-hybridized carbons (Fsp3) is 0.389. The highest BCUT2D eigenvalue weighted by Gasteiger charge is 2.35. The Morgan fingerprint density at radius 2 is 2.37 bits per heavy atom. The van der Waals surface area contributed by atoms with Gasteiger partial charge in [0.05, 0.1) is 23.5 Å². The molecule has 0 aliphatic carbocycles. The maximum Gasteiger partial charge on any atom is 0.243 e. The van der Waals surface area contributed by atoms with Crippen molar-refractivity contribution in [2.45, 2.75) is 24.9 Å². The zero-order valence-electron chi connectivity index (χ0n) is 15.1. The zero-order valence-corrected chi connectivity index (χ0v) is 15.1. The number of anilines is 1. The molecule has 1 aliphatic heterocycles. The van der Waals surface area contributed by atoms with Crippen LogP contribution >= 0.6 is 0 Å². The van der Waals surface area contributed by atoms with E-state index in [2.05, 4.69) is 26.8 Å². The number of aromatic amines is 1. The Hall–Kier alpha value is -3.41. The van der Waals surface area contributed by atoms with Gasteiger partial charge in [0.15, 0.2) is 0 Å². The summed E-state index contributed by atoms with van der Waals surface area (Å²) in [5, 5.41) is 12.6. The van der Waals surface area contributed by atoms with Crippen LogP contribution < -0.4 is 10.2 Å². The molecule has 0 radical (unpaired) electrons. The first-order valence-corrected chi connectivity index (χ1v) is 8.63. The number of nitrogens with one attached hydrogen (secondary N) is 2. The van der Waals surface area contributed by atoms with E-state index in [-0.39, 0.29) is 30.3 Å². The lowest BCUT2D eigenvalue weighted by molar-refractivity contribution is -0.131. The molecule has 9 heteroatoms. The molecule has 9 nitrogen and oxygen atoms in total. The van der Waals surface area contributed by atoms with E-state index in [4.69, 9.17) is 5.26 Å². The first-order valence-electron chi connectivity index (χ1n) is 8.63. The minimum Gasteiger partial charge on any atom is -0.352 e. The second kappa shape index (κ2) is 7.86. The van der Waals surface area contributed by atoms with Gasteiger partial charge >= 0.3 is 0 Å². The Kier molecular flexibility index (Phi) is 5.35. The second-order valence-electron chi connectivity index (χ2n) is 6.40. The number of likely N-dealkylation sites (tertiary alicyclic amines) is 1. The van der Waals surface area contributed by atoms with Gasteiger partial charge in [-0.1, -0.05) is 6.58 Å². The van der Waals surface area contributed by atoms with E-state index in [0.717, 1.165) is 5.39 Å². The maximum atomic E-state index is 12.2. The number of fused-ring (bicyclic) bond motifs is 1. The molecule has 1 aliphatic rings. The highest BCUT2D eigenvalue weighted by Crippen LogP contribution is 2.26. The number of H-pyrrole nitrogens is 1. The second-order valence-corrected chi connectivity index (χ2v) is 6.40. The molecule has 1 fully saturated rings. The summed E-state index contributed by atoms with van der Waals surface area (Å²) >= 11 is 0. The van der Waals surface area contributed by atoms with Gasteiger partial charge in [0.2, 0.25) is 11.8 Å². The van der Waals surface area contributed by atoms with Crippen LogP contribution in [0.2, 0.25) is 0 Å². The molecule has 0 aromatic carbocycles. The molecule has 2 N–H and O–H groups in total. The normalized spacial score (nSPS) is 19.3. The van der Waals surface area contributed by atoms with Crippen LogP contribution in [0.3, 0.4) is 0 Å². The van der Waals surface area contributed by atoms with Crippen molar-refractivity contribution < 1.29 is 9.59 Å². The van der Waals surface area contributed by atoms with E-state index in [1.165, 1.54) is 12.4 Å². The van der Waals surface area contributed by atoms with Crippen LogP contribution in [0.4, 0.5) is 5.82 Å². The predicted molar refractivity (Wildman–Crippen MR) is 99.6 cm³/mol. The van der Waals surface area contributed by atoms with Gasteiger partial charge in [-0.2, -0.15) is 5.26 Å². The van der Waals surface area contributed by atoms with Crippen LogP contribution in [0.1, 0.15) is 12.8 Å². The van der Waals surface area contributed by atoms with Crippen molar-refractivity contribution in [3.8, 4) is 6.07 Å². The Bertz CT molecular complexity index is 900. The van der Waals surface area contributed by atoms with Crippen molar-refractivity contribution >= 4 is 28.7 Å². The molecule has 2 amide bonds. The number of piperidine rings is 1. The SMILES string of the molecule is C=CC(=O)N[C@@H]1CCN(C(=O)CC#N)CC1N(C)c1ncnc2[nH]ccc12. The van der Waals surface area contributed by atoms with E-state index in [1.54, 1.807) is 11.1 Å². The minimum absolute atomic E-state index is 0.157. The summed E-state index contributed by atoms with van der Waals surface area (Å²) in [4.78, 5) is 39.4. The molecule has 1 unspecified atom stereocenters. The zero-order chi connectivity index (χ0) is 19.4. The monoisotopic (exact) mass is 367 g/mol. The summed E-state index contributed by atoms with van der Waals surface area (Å²) in [5.41, 5.74) is 0.715. The number of likely N-dealkylation sites (N-methyl/N-ethyl adjacent to an activating group) is 1. The third-order valence-electron chi connectivity index (χ3n) is 4.84. The molecule has 3 heterocycles. The lowest BCUT2D eigenvalue weighted by Crippen LogP contribution is -2.60. The molecule has 2 aromatic rings. The highest BCUT2D eigenvalue weighted by molar-refractivity contribution is 5.88. The van der Waals surface area contributed by atoms with Crippen molar-refractivity contribution in [1.29, 1.82) is 5.26 Å². The molecule has 140 valence electrons. The Labute approximate surface area is 156 Å². The van der Waals surface area contributed by atoms with E-state index >= 15 is 0 Å². The number of hydrogen-bond donors (Lipinski definition) is 2. The Morgan fingerprint density at radius 1 is 1.56 bits per heavy atom. The smallest absolute Gasteiger partial charge is 0.243 e. The minimum atomic E-state index is -0.260. The third kappa shape index (κ3) is 3.74. The molecule has 0 bridgehead atoms. The van der Waals surface area contributed by atoms with Crippen LogP contribution in [0.5, 0.6) is 0 Å². The average Bonchev–Trinajstić information content (AvgIpc) is 3.16. The average molecular weight is 367 g/mol. The van der Waals surface area contributed by atoms with Gasteiger partial charge in [-0.3, -0.25) is 9.59 Å². The topological polar surface area (TPSA) is 118 Å². The molecule has 2 aromatic heterocycles. The number of nitriles is 1. The van der Waals surface area contributed by atoms with Crippen LogP contribution in [0.15, 0.2) is 31.2 Å².